The third-order valence-corrected chi connectivity index (χ3v) is 5.45. The fraction of sp³-hybridized carbons (Fsp3) is 0.0323. The van der Waals surface area contributed by atoms with E-state index in [1.165, 1.54) is 5.56 Å². The third kappa shape index (κ3) is 5.77. The number of benzene rings is 4. The molecule has 178 valence electrons. The van der Waals surface area contributed by atoms with Crippen molar-refractivity contribution in [1.29, 1.82) is 0 Å². The maximum atomic E-state index is 11.7. The monoisotopic (exact) mass is 475 g/mol. The number of anilines is 3. The highest BCUT2D eigenvalue weighted by molar-refractivity contribution is 5.85. The standard InChI is InChI=1S/C31H25NO4/c1-4-30(33)35-28-19-17-26(18-20-28)32(27-7-6-8-29(21-27)36-31(34)5-2)25-15-13-24(14-16-25)23-11-9-22(3)10-12-23/h4-21H,1-2H2,3H3. The van der Waals surface area contributed by atoms with Gasteiger partial charge in [0.05, 0.1) is 0 Å². The number of ether oxygens (including phenoxy) is 2. The molecule has 0 bridgehead atoms. The number of carbonyl (C=O) groups excluding carboxylic acids is 2. The van der Waals surface area contributed by atoms with Crippen LogP contribution in [0.1, 0.15) is 5.56 Å². The number of nitrogens with zero attached hydrogens (tertiary/aromatic N) is 1. The summed E-state index contributed by atoms with van der Waals surface area (Å²) in [6, 6.07) is 30.9. The molecule has 0 aliphatic rings. The van der Waals surface area contributed by atoms with E-state index in [-0.39, 0.29) is 0 Å². The molecule has 0 radical (unpaired) electrons. The highest BCUT2D eigenvalue weighted by Crippen LogP contribution is 2.37. The lowest BCUT2D eigenvalue weighted by Crippen LogP contribution is -2.11. The molecule has 0 amide bonds. The average Bonchev–Trinajstić information content (AvgIpc) is 2.91. The van der Waals surface area contributed by atoms with E-state index >= 15 is 0 Å². The van der Waals surface area contributed by atoms with Crippen LogP contribution in [0.25, 0.3) is 11.1 Å². The van der Waals surface area contributed by atoms with Gasteiger partial charge in [0.25, 0.3) is 0 Å². The van der Waals surface area contributed by atoms with Crippen LogP contribution in [0.15, 0.2) is 122 Å². The summed E-state index contributed by atoms with van der Waals surface area (Å²) in [5.74, 6) is -0.250. The van der Waals surface area contributed by atoms with Crippen LogP contribution >= 0.6 is 0 Å². The molecule has 0 saturated heterocycles. The number of rotatable bonds is 8. The van der Waals surface area contributed by atoms with E-state index in [2.05, 4.69) is 56.5 Å². The van der Waals surface area contributed by atoms with Crippen LogP contribution in [0.4, 0.5) is 17.1 Å². The Morgan fingerprint density at radius 3 is 1.69 bits per heavy atom. The largest absolute Gasteiger partial charge is 0.423 e. The Morgan fingerprint density at radius 2 is 1.14 bits per heavy atom. The van der Waals surface area contributed by atoms with Crippen LogP contribution in [-0.2, 0) is 9.59 Å². The predicted molar refractivity (Wildman–Crippen MR) is 143 cm³/mol. The molecule has 0 unspecified atom stereocenters. The van der Waals surface area contributed by atoms with E-state index in [0.29, 0.717) is 11.5 Å². The zero-order valence-electron chi connectivity index (χ0n) is 19.9. The molecule has 0 heterocycles. The summed E-state index contributed by atoms with van der Waals surface area (Å²) < 4.78 is 10.6. The van der Waals surface area contributed by atoms with Gasteiger partial charge in [-0.1, -0.05) is 61.2 Å². The summed E-state index contributed by atoms with van der Waals surface area (Å²) in [5, 5.41) is 0. The van der Waals surface area contributed by atoms with E-state index in [0.717, 1.165) is 40.3 Å². The van der Waals surface area contributed by atoms with Gasteiger partial charge in [-0.2, -0.15) is 0 Å². The Kier molecular flexibility index (Phi) is 7.42. The molecule has 0 spiro atoms. The van der Waals surface area contributed by atoms with Gasteiger partial charge in [0, 0.05) is 35.3 Å². The summed E-state index contributed by atoms with van der Waals surface area (Å²) in [6.45, 7) is 8.94. The molecule has 5 nitrogen and oxygen atoms in total. The molecule has 0 atom stereocenters. The van der Waals surface area contributed by atoms with E-state index in [1.807, 2.05) is 41.3 Å². The lowest BCUT2D eigenvalue weighted by atomic mass is 10.0. The molecule has 0 saturated carbocycles. The molecule has 0 aliphatic heterocycles. The molecule has 5 heteroatoms. The Labute approximate surface area is 210 Å². The summed E-state index contributed by atoms with van der Waals surface area (Å²) in [4.78, 5) is 25.3. The molecule has 36 heavy (non-hydrogen) atoms. The number of esters is 2. The quantitative estimate of drug-likeness (QED) is 0.152. The maximum absolute atomic E-state index is 11.7. The van der Waals surface area contributed by atoms with Gasteiger partial charge in [0.15, 0.2) is 0 Å². The van der Waals surface area contributed by atoms with Gasteiger partial charge >= 0.3 is 11.9 Å². The summed E-state index contributed by atoms with van der Waals surface area (Å²) >= 11 is 0. The van der Waals surface area contributed by atoms with Crippen LogP contribution < -0.4 is 14.4 Å². The highest BCUT2D eigenvalue weighted by atomic mass is 16.5. The summed E-state index contributed by atoms with van der Waals surface area (Å²) in [6.07, 6.45) is 2.24. The number of carbonyl (C=O) groups is 2. The Hall–Kier alpha value is -4.90. The molecular weight excluding hydrogens is 450 g/mol. The fourth-order valence-electron chi connectivity index (χ4n) is 3.66. The van der Waals surface area contributed by atoms with Crippen LogP contribution in [0, 0.1) is 6.92 Å². The first kappa shape index (κ1) is 24.2. The van der Waals surface area contributed by atoms with Crippen molar-refractivity contribution in [2.24, 2.45) is 0 Å². The van der Waals surface area contributed by atoms with E-state index < -0.39 is 11.9 Å². The number of hydrogen-bond acceptors (Lipinski definition) is 5. The van der Waals surface area contributed by atoms with Crippen LogP contribution in [0.2, 0.25) is 0 Å². The van der Waals surface area contributed by atoms with Crippen LogP contribution in [0.3, 0.4) is 0 Å². The molecule has 4 rings (SSSR count). The first-order valence-corrected chi connectivity index (χ1v) is 11.3. The zero-order chi connectivity index (χ0) is 25.5. The third-order valence-electron chi connectivity index (χ3n) is 5.45. The minimum atomic E-state index is -0.533. The van der Waals surface area contributed by atoms with Crippen molar-refractivity contribution in [1.82, 2.24) is 0 Å². The molecule has 4 aromatic carbocycles. The Bertz CT molecular complexity index is 1390. The van der Waals surface area contributed by atoms with Crippen molar-refractivity contribution < 1.29 is 19.1 Å². The van der Waals surface area contributed by atoms with Crippen molar-refractivity contribution in [3.8, 4) is 22.6 Å². The molecular formula is C31H25NO4. The van der Waals surface area contributed by atoms with E-state index in [4.69, 9.17) is 9.47 Å². The molecule has 4 aromatic rings. The number of aryl methyl sites for hydroxylation is 1. The molecule has 0 aromatic heterocycles. The lowest BCUT2D eigenvalue weighted by Gasteiger charge is -2.26. The molecule has 0 fully saturated rings. The Morgan fingerprint density at radius 1 is 0.639 bits per heavy atom. The lowest BCUT2D eigenvalue weighted by molar-refractivity contribution is -0.129. The topological polar surface area (TPSA) is 55.8 Å². The second-order valence-electron chi connectivity index (χ2n) is 7.99. The SMILES string of the molecule is C=CC(=O)Oc1ccc(N(c2ccc(-c3ccc(C)cc3)cc2)c2cccc(OC(=O)C=C)c2)cc1. The first-order chi connectivity index (χ1) is 17.5. The van der Waals surface area contributed by atoms with Gasteiger partial charge in [0.1, 0.15) is 11.5 Å². The smallest absolute Gasteiger partial charge is 0.335 e. The van der Waals surface area contributed by atoms with Crippen molar-refractivity contribution >= 4 is 29.0 Å². The van der Waals surface area contributed by atoms with Gasteiger partial charge < -0.3 is 14.4 Å². The van der Waals surface area contributed by atoms with Crippen molar-refractivity contribution in [3.63, 3.8) is 0 Å². The van der Waals surface area contributed by atoms with Gasteiger partial charge in [-0.15, -0.1) is 0 Å². The highest BCUT2D eigenvalue weighted by Gasteiger charge is 2.15. The summed E-state index contributed by atoms with van der Waals surface area (Å²) in [5.41, 5.74) is 5.94. The van der Waals surface area contributed by atoms with Gasteiger partial charge in [-0.3, -0.25) is 0 Å². The second-order valence-corrected chi connectivity index (χ2v) is 7.99. The van der Waals surface area contributed by atoms with Crippen molar-refractivity contribution in [2.45, 2.75) is 6.92 Å². The molecule has 0 N–H and O–H groups in total. The van der Waals surface area contributed by atoms with Crippen molar-refractivity contribution in [2.75, 3.05) is 4.90 Å². The average molecular weight is 476 g/mol. The second kappa shape index (κ2) is 11.0. The Balaban J connectivity index is 1.73. The first-order valence-electron chi connectivity index (χ1n) is 11.3. The summed E-state index contributed by atoms with van der Waals surface area (Å²) in [7, 11) is 0. The van der Waals surface area contributed by atoms with Gasteiger partial charge in [-0.25, -0.2) is 9.59 Å². The zero-order valence-corrected chi connectivity index (χ0v) is 19.9. The van der Waals surface area contributed by atoms with Crippen LogP contribution in [0.5, 0.6) is 11.5 Å². The van der Waals surface area contributed by atoms with Crippen LogP contribution in [-0.4, -0.2) is 11.9 Å². The van der Waals surface area contributed by atoms with Gasteiger partial charge in [0.2, 0.25) is 0 Å². The fourth-order valence-corrected chi connectivity index (χ4v) is 3.66. The van der Waals surface area contributed by atoms with E-state index in [9.17, 15) is 9.59 Å². The number of hydrogen-bond donors (Lipinski definition) is 0. The minimum absolute atomic E-state index is 0.398. The predicted octanol–water partition coefficient (Wildman–Crippen LogP) is 7.31. The minimum Gasteiger partial charge on any atom is -0.423 e. The van der Waals surface area contributed by atoms with Gasteiger partial charge in [-0.05, 0) is 66.6 Å². The maximum Gasteiger partial charge on any atom is 0.335 e. The molecule has 0 aliphatic carbocycles. The normalized spacial score (nSPS) is 10.2. The van der Waals surface area contributed by atoms with E-state index in [1.54, 1.807) is 24.3 Å². The van der Waals surface area contributed by atoms with Crippen molar-refractivity contribution in [3.05, 3.63) is 128 Å².